The van der Waals surface area contributed by atoms with Crippen LogP contribution in [0.5, 0.6) is 0 Å². The summed E-state index contributed by atoms with van der Waals surface area (Å²) in [6.07, 6.45) is 0. The first-order chi connectivity index (χ1) is 4.70. The van der Waals surface area contributed by atoms with Crippen molar-refractivity contribution in [2.24, 2.45) is 0 Å². The van der Waals surface area contributed by atoms with Crippen LogP contribution in [0.1, 0.15) is 0 Å². The second kappa shape index (κ2) is 2.93. The number of anilines is 1. The quantitative estimate of drug-likeness (QED) is 0.597. The first-order valence-corrected chi connectivity index (χ1v) is 3.34. The first kappa shape index (κ1) is 7.42. The summed E-state index contributed by atoms with van der Waals surface area (Å²) in [5.41, 5.74) is 0.990. The average Bonchev–Trinajstić information content (AvgIpc) is 1.88. The monoisotopic (exact) mass is 153 g/mol. The highest BCUT2D eigenvalue weighted by Crippen LogP contribution is 2.13. The van der Waals surface area contributed by atoms with E-state index in [-0.39, 0.29) is 0 Å². The van der Waals surface area contributed by atoms with Crippen LogP contribution in [0.4, 0.5) is 5.69 Å². The molecular weight excluding hydrogens is 146 g/mol. The Morgan fingerprint density at radius 3 is 2.40 bits per heavy atom. The topological polar surface area (TPSA) is 3.24 Å². The molecule has 0 saturated heterocycles. The molecule has 2 radical (unpaired) electrons. The zero-order valence-corrected chi connectivity index (χ0v) is 6.74. The smallest absolute Gasteiger partial charge is 0.0492 e. The maximum absolute atomic E-state index is 5.61. The van der Waals surface area contributed by atoms with E-state index in [1.807, 2.05) is 25.1 Å². The molecule has 1 aromatic carbocycles. The van der Waals surface area contributed by atoms with E-state index in [9.17, 15) is 0 Å². The molecule has 1 rings (SSSR count). The van der Waals surface area contributed by atoms with Gasteiger partial charge in [-0.3, -0.25) is 0 Å². The molecule has 0 spiro atoms. The van der Waals surface area contributed by atoms with Gasteiger partial charge in [0.1, 0.15) is 0 Å². The van der Waals surface area contributed by atoms with E-state index in [4.69, 9.17) is 11.6 Å². The summed E-state index contributed by atoms with van der Waals surface area (Å²) in [7, 11) is 3.90. The molecule has 2 heteroatoms. The molecule has 0 aliphatic rings. The van der Waals surface area contributed by atoms with Crippen LogP contribution in [0.2, 0.25) is 5.02 Å². The van der Waals surface area contributed by atoms with Gasteiger partial charge in [-0.1, -0.05) is 11.6 Å². The van der Waals surface area contributed by atoms with E-state index in [1.54, 1.807) is 6.07 Å². The number of hydrogen-bond donors (Lipinski definition) is 0. The van der Waals surface area contributed by atoms with Crippen LogP contribution in [-0.4, -0.2) is 14.1 Å². The fourth-order valence-electron chi connectivity index (χ4n) is 0.616. The number of hydrogen-bond acceptors (Lipinski definition) is 1. The van der Waals surface area contributed by atoms with Gasteiger partial charge >= 0.3 is 0 Å². The van der Waals surface area contributed by atoms with Crippen LogP contribution in [0.15, 0.2) is 12.1 Å². The Bertz CT molecular complexity index is 203. The molecule has 0 saturated carbocycles. The zero-order valence-electron chi connectivity index (χ0n) is 5.98. The predicted octanol–water partition coefficient (Wildman–Crippen LogP) is 2.01. The highest BCUT2D eigenvalue weighted by molar-refractivity contribution is 6.30. The van der Waals surface area contributed by atoms with E-state index in [0.29, 0.717) is 5.02 Å². The summed E-state index contributed by atoms with van der Waals surface area (Å²) in [5, 5.41) is 0.602. The third kappa shape index (κ3) is 1.64. The Hall–Kier alpha value is -0.690. The van der Waals surface area contributed by atoms with Crippen LogP contribution in [-0.2, 0) is 0 Å². The lowest BCUT2D eigenvalue weighted by molar-refractivity contribution is 1.13. The minimum atomic E-state index is 0.602. The molecule has 0 atom stereocenters. The van der Waals surface area contributed by atoms with Gasteiger partial charge in [0.05, 0.1) is 0 Å². The SMILES string of the molecule is CN(C)c1[c]cc(Cl)[c]c1. The van der Waals surface area contributed by atoms with E-state index in [0.717, 1.165) is 5.69 Å². The third-order valence-corrected chi connectivity index (χ3v) is 1.39. The van der Waals surface area contributed by atoms with Crippen molar-refractivity contribution >= 4 is 17.3 Å². The van der Waals surface area contributed by atoms with Crippen molar-refractivity contribution in [2.45, 2.75) is 0 Å². The highest BCUT2D eigenvalue weighted by Gasteiger charge is 1.93. The number of rotatable bonds is 1. The van der Waals surface area contributed by atoms with Crippen LogP contribution in [0.3, 0.4) is 0 Å². The molecule has 0 bridgehead atoms. The van der Waals surface area contributed by atoms with Gasteiger partial charge < -0.3 is 4.90 Å². The fourth-order valence-corrected chi connectivity index (χ4v) is 0.725. The van der Waals surface area contributed by atoms with Gasteiger partial charge in [-0.05, 0) is 12.1 Å². The largest absolute Gasteiger partial charge is 0.377 e. The molecule has 0 amide bonds. The summed E-state index contributed by atoms with van der Waals surface area (Å²) in [6, 6.07) is 9.39. The Balaban J connectivity index is 2.89. The average molecular weight is 154 g/mol. The van der Waals surface area contributed by atoms with Gasteiger partial charge in [0.25, 0.3) is 0 Å². The van der Waals surface area contributed by atoms with Crippen molar-refractivity contribution in [3.05, 3.63) is 29.3 Å². The first-order valence-electron chi connectivity index (χ1n) is 2.96. The predicted molar refractivity (Wildman–Crippen MR) is 43.5 cm³/mol. The summed E-state index contributed by atoms with van der Waals surface area (Å²) >= 11 is 5.61. The zero-order chi connectivity index (χ0) is 7.56. The van der Waals surface area contributed by atoms with Crippen molar-refractivity contribution in [3.63, 3.8) is 0 Å². The second-order valence-electron chi connectivity index (χ2n) is 2.20. The second-order valence-corrected chi connectivity index (χ2v) is 2.61. The summed E-state index contributed by atoms with van der Waals surface area (Å²) in [5.74, 6) is 0. The molecule has 0 aromatic heterocycles. The number of benzene rings is 1. The van der Waals surface area contributed by atoms with Gasteiger partial charge in [0.2, 0.25) is 0 Å². The third-order valence-electron chi connectivity index (χ3n) is 1.18. The van der Waals surface area contributed by atoms with Crippen LogP contribution < -0.4 is 4.90 Å². The molecule has 10 heavy (non-hydrogen) atoms. The molecule has 0 N–H and O–H groups in total. The van der Waals surface area contributed by atoms with Crippen LogP contribution in [0, 0.1) is 12.1 Å². The lowest BCUT2D eigenvalue weighted by Gasteiger charge is -2.10. The van der Waals surface area contributed by atoms with Gasteiger partial charge in [0, 0.05) is 36.9 Å². The van der Waals surface area contributed by atoms with Gasteiger partial charge in [-0.25, -0.2) is 0 Å². The number of nitrogens with zero attached hydrogens (tertiary/aromatic N) is 1. The van der Waals surface area contributed by atoms with Crippen molar-refractivity contribution in [1.82, 2.24) is 0 Å². The fraction of sp³-hybridized carbons (Fsp3) is 0.250. The summed E-state index contributed by atoms with van der Waals surface area (Å²) in [4.78, 5) is 1.95. The normalized spacial score (nSPS) is 9.50. The van der Waals surface area contributed by atoms with Crippen LogP contribution in [0.25, 0.3) is 0 Å². The van der Waals surface area contributed by atoms with Crippen LogP contribution >= 0.6 is 11.6 Å². The minimum Gasteiger partial charge on any atom is -0.377 e. The lowest BCUT2D eigenvalue weighted by Crippen LogP contribution is -2.08. The van der Waals surface area contributed by atoms with E-state index in [1.165, 1.54) is 0 Å². The Kier molecular flexibility index (Phi) is 2.17. The molecule has 1 nitrogen and oxygen atoms in total. The molecule has 52 valence electrons. The van der Waals surface area contributed by atoms with Crippen molar-refractivity contribution < 1.29 is 0 Å². The van der Waals surface area contributed by atoms with Crippen molar-refractivity contribution in [1.29, 1.82) is 0 Å². The molecule has 0 heterocycles. The van der Waals surface area contributed by atoms with Crippen molar-refractivity contribution in [3.8, 4) is 0 Å². The Morgan fingerprint density at radius 2 is 2.00 bits per heavy atom. The van der Waals surface area contributed by atoms with E-state index in [2.05, 4.69) is 12.1 Å². The van der Waals surface area contributed by atoms with Gasteiger partial charge in [-0.15, -0.1) is 0 Å². The van der Waals surface area contributed by atoms with Gasteiger partial charge in [-0.2, -0.15) is 0 Å². The summed E-state index contributed by atoms with van der Waals surface area (Å²) < 4.78 is 0. The highest BCUT2D eigenvalue weighted by atomic mass is 35.5. The van der Waals surface area contributed by atoms with Gasteiger partial charge in [0.15, 0.2) is 0 Å². The van der Waals surface area contributed by atoms with E-state index < -0.39 is 0 Å². The maximum Gasteiger partial charge on any atom is 0.0492 e. The minimum absolute atomic E-state index is 0.602. The lowest BCUT2D eigenvalue weighted by atomic mass is 10.3. The van der Waals surface area contributed by atoms with Crippen molar-refractivity contribution in [2.75, 3.05) is 19.0 Å². The number of halogens is 1. The Morgan fingerprint density at radius 1 is 1.30 bits per heavy atom. The molecule has 1 aromatic rings. The molecular formula is C8H8ClN. The maximum atomic E-state index is 5.61. The molecule has 0 aliphatic carbocycles. The molecule has 0 aliphatic heterocycles. The molecule has 0 unspecified atom stereocenters. The standard InChI is InChI=1S/C8H8ClN/c1-10(2)8-5-3-7(9)4-6-8/h3,6H,1-2H3. The van der Waals surface area contributed by atoms with E-state index >= 15 is 0 Å². The summed E-state index contributed by atoms with van der Waals surface area (Å²) in [6.45, 7) is 0. The molecule has 0 fully saturated rings. The Labute approximate surface area is 66.2 Å².